The van der Waals surface area contributed by atoms with E-state index in [2.05, 4.69) is 15.8 Å². The molecule has 3 heteroatoms. The SMILES string of the molecule is C=CCCCCCP.Cl.Cl. The normalized spacial score (nSPS) is 7.30. The first kappa shape index (κ1) is 17.0. The number of hydrogen-bond donors (Lipinski definition) is 0. The second kappa shape index (κ2) is 16.4. The molecule has 0 N–H and O–H groups in total. The van der Waals surface area contributed by atoms with Crippen molar-refractivity contribution in [1.82, 2.24) is 0 Å². The summed E-state index contributed by atoms with van der Waals surface area (Å²) in [7, 11) is 2.74. The first-order valence-electron chi connectivity index (χ1n) is 3.22. The lowest BCUT2D eigenvalue weighted by molar-refractivity contribution is 0.735. The van der Waals surface area contributed by atoms with Crippen molar-refractivity contribution in [3.63, 3.8) is 0 Å². The molecule has 0 saturated heterocycles. The maximum absolute atomic E-state index is 3.65. The van der Waals surface area contributed by atoms with Crippen LogP contribution in [0.2, 0.25) is 0 Å². The lowest BCUT2D eigenvalue weighted by Crippen LogP contribution is -1.74. The van der Waals surface area contributed by atoms with Gasteiger partial charge in [-0.2, -0.15) is 0 Å². The van der Waals surface area contributed by atoms with E-state index in [0.29, 0.717) is 0 Å². The molecule has 0 amide bonds. The molecule has 0 heterocycles. The summed E-state index contributed by atoms with van der Waals surface area (Å²) in [6, 6.07) is 0. The zero-order chi connectivity index (χ0) is 6.24. The molecular weight excluding hydrogens is 186 g/mol. The second-order valence-electron chi connectivity index (χ2n) is 1.93. The predicted molar refractivity (Wildman–Crippen MR) is 57.7 cm³/mol. The van der Waals surface area contributed by atoms with Crippen molar-refractivity contribution in [1.29, 1.82) is 0 Å². The van der Waals surface area contributed by atoms with Crippen LogP contribution in [-0.2, 0) is 0 Å². The molecule has 0 rings (SSSR count). The lowest BCUT2D eigenvalue weighted by atomic mass is 10.2. The molecule has 0 radical (unpaired) electrons. The van der Waals surface area contributed by atoms with Crippen LogP contribution in [0.4, 0.5) is 0 Å². The van der Waals surface area contributed by atoms with Gasteiger partial charge < -0.3 is 0 Å². The molecule has 1 atom stereocenters. The third kappa shape index (κ3) is 15.9. The van der Waals surface area contributed by atoms with Crippen molar-refractivity contribution in [2.75, 3.05) is 6.16 Å². The van der Waals surface area contributed by atoms with E-state index in [4.69, 9.17) is 0 Å². The van der Waals surface area contributed by atoms with Crippen LogP contribution in [0.25, 0.3) is 0 Å². The van der Waals surface area contributed by atoms with Crippen LogP contribution in [0, 0.1) is 0 Å². The Labute approximate surface area is 78.9 Å². The van der Waals surface area contributed by atoms with Gasteiger partial charge in [-0.25, -0.2) is 0 Å². The first-order chi connectivity index (χ1) is 3.91. The van der Waals surface area contributed by atoms with Crippen LogP contribution in [0.1, 0.15) is 25.7 Å². The maximum Gasteiger partial charge on any atom is -0.0353 e. The van der Waals surface area contributed by atoms with Crippen molar-refractivity contribution in [2.24, 2.45) is 0 Å². The van der Waals surface area contributed by atoms with Gasteiger partial charge >= 0.3 is 0 Å². The number of allylic oxidation sites excluding steroid dienone is 1. The van der Waals surface area contributed by atoms with Gasteiger partial charge in [0.15, 0.2) is 0 Å². The van der Waals surface area contributed by atoms with Crippen LogP contribution >= 0.6 is 34.1 Å². The summed E-state index contributed by atoms with van der Waals surface area (Å²) < 4.78 is 0. The number of rotatable bonds is 5. The minimum Gasteiger partial charge on any atom is -0.147 e. The van der Waals surface area contributed by atoms with Crippen molar-refractivity contribution in [3.05, 3.63) is 12.7 Å². The molecule has 0 aromatic carbocycles. The Balaban J connectivity index is -0.000000245. The highest BCUT2D eigenvalue weighted by atomic mass is 35.5. The van der Waals surface area contributed by atoms with Crippen LogP contribution in [-0.4, -0.2) is 6.16 Å². The van der Waals surface area contributed by atoms with Gasteiger partial charge in [-0.05, 0) is 25.4 Å². The number of halogens is 2. The van der Waals surface area contributed by atoms with Crippen LogP contribution in [0.5, 0.6) is 0 Å². The zero-order valence-electron chi connectivity index (χ0n) is 6.21. The first-order valence-corrected chi connectivity index (χ1v) is 4.04. The van der Waals surface area contributed by atoms with E-state index in [1.54, 1.807) is 0 Å². The van der Waals surface area contributed by atoms with E-state index < -0.39 is 0 Å². The van der Waals surface area contributed by atoms with Gasteiger partial charge in [-0.3, -0.25) is 0 Å². The number of hydrogen-bond acceptors (Lipinski definition) is 0. The molecule has 0 aromatic heterocycles. The topological polar surface area (TPSA) is 0 Å². The molecule has 0 fully saturated rings. The fourth-order valence-electron chi connectivity index (χ4n) is 0.610. The summed E-state index contributed by atoms with van der Waals surface area (Å²) in [4.78, 5) is 0. The van der Waals surface area contributed by atoms with E-state index in [-0.39, 0.29) is 24.8 Å². The van der Waals surface area contributed by atoms with Gasteiger partial charge in [0.05, 0.1) is 0 Å². The maximum atomic E-state index is 3.65. The highest BCUT2D eigenvalue weighted by Crippen LogP contribution is 2.01. The van der Waals surface area contributed by atoms with Crippen molar-refractivity contribution in [3.8, 4) is 0 Å². The monoisotopic (exact) mass is 202 g/mol. The zero-order valence-corrected chi connectivity index (χ0v) is 9.00. The van der Waals surface area contributed by atoms with Gasteiger partial charge in [0, 0.05) is 0 Å². The third-order valence-electron chi connectivity index (χ3n) is 1.11. The third-order valence-corrected chi connectivity index (χ3v) is 1.52. The summed E-state index contributed by atoms with van der Waals surface area (Å²) in [5.74, 6) is 0. The molecule has 64 valence electrons. The van der Waals surface area contributed by atoms with E-state index in [9.17, 15) is 0 Å². The minimum atomic E-state index is 0. The Morgan fingerprint density at radius 2 is 1.70 bits per heavy atom. The van der Waals surface area contributed by atoms with Crippen LogP contribution < -0.4 is 0 Å². The van der Waals surface area contributed by atoms with E-state index in [1.807, 2.05) is 6.08 Å². The van der Waals surface area contributed by atoms with Gasteiger partial charge in [0.1, 0.15) is 0 Å². The van der Waals surface area contributed by atoms with Crippen LogP contribution in [0.15, 0.2) is 12.7 Å². The van der Waals surface area contributed by atoms with Gasteiger partial charge in [0.25, 0.3) is 0 Å². The van der Waals surface area contributed by atoms with Crippen molar-refractivity contribution in [2.45, 2.75) is 25.7 Å². The predicted octanol–water partition coefficient (Wildman–Crippen LogP) is 3.45. The molecule has 0 aliphatic carbocycles. The van der Waals surface area contributed by atoms with Crippen molar-refractivity contribution < 1.29 is 0 Å². The second-order valence-corrected chi connectivity index (χ2v) is 2.50. The van der Waals surface area contributed by atoms with Crippen molar-refractivity contribution >= 4 is 34.1 Å². The van der Waals surface area contributed by atoms with E-state index >= 15 is 0 Å². The Kier molecular flexibility index (Phi) is 27.9. The summed E-state index contributed by atoms with van der Waals surface area (Å²) >= 11 is 0. The molecule has 0 aliphatic rings. The molecule has 10 heavy (non-hydrogen) atoms. The van der Waals surface area contributed by atoms with E-state index in [1.165, 1.54) is 31.8 Å². The molecule has 0 saturated carbocycles. The molecule has 1 unspecified atom stereocenters. The Morgan fingerprint density at radius 3 is 2.10 bits per heavy atom. The Morgan fingerprint density at radius 1 is 1.10 bits per heavy atom. The summed E-state index contributed by atoms with van der Waals surface area (Å²) in [6.07, 6.45) is 8.44. The fraction of sp³-hybridized carbons (Fsp3) is 0.714. The quantitative estimate of drug-likeness (QED) is 0.364. The Bertz CT molecular complexity index is 57.6. The van der Waals surface area contributed by atoms with Gasteiger partial charge in [-0.1, -0.05) is 12.5 Å². The molecule has 0 nitrogen and oxygen atoms in total. The largest absolute Gasteiger partial charge is 0.147 e. The molecule has 0 aliphatic heterocycles. The summed E-state index contributed by atoms with van der Waals surface area (Å²) in [5.41, 5.74) is 0. The summed E-state index contributed by atoms with van der Waals surface area (Å²) in [6.45, 7) is 3.65. The van der Waals surface area contributed by atoms with Gasteiger partial charge in [0.2, 0.25) is 0 Å². The highest BCUT2D eigenvalue weighted by Gasteiger charge is 1.81. The van der Waals surface area contributed by atoms with E-state index in [0.717, 1.165) is 0 Å². The number of unbranched alkanes of at least 4 members (excludes halogenated alkanes) is 3. The average Bonchev–Trinajstić information content (AvgIpc) is 1.81. The summed E-state index contributed by atoms with van der Waals surface area (Å²) in [5, 5.41) is 0. The molecule has 0 aromatic rings. The minimum absolute atomic E-state index is 0. The smallest absolute Gasteiger partial charge is 0.0353 e. The lowest BCUT2D eigenvalue weighted by Gasteiger charge is -1.91. The Hall–Kier alpha value is 0.750. The average molecular weight is 203 g/mol. The van der Waals surface area contributed by atoms with Gasteiger partial charge in [-0.15, -0.1) is 40.6 Å². The highest BCUT2D eigenvalue weighted by molar-refractivity contribution is 7.16. The fourth-order valence-corrected chi connectivity index (χ4v) is 0.898. The molecule has 0 bridgehead atoms. The van der Waals surface area contributed by atoms with Crippen LogP contribution in [0.3, 0.4) is 0 Å². The molecular formula is C7H17Cl2P. The standard InChI is InChI=1S/C7H15P.2ClH/c1-2-3-4-5-6-7-8;;/h2H,1,3-8H2;2*1H. The molecule has 0 spiro atoms.